The summed E-state index contributed by atoms with van der Waals surface area (Å²) in [6, 6.07) is 16.0. The Hall–Kier alpha value is -3.83. The quantitative estimate of drug-likeness (QED) is 0.200. The molecule has 0 saturated heterocycles. The van der Waals surface area contributed by atoms with Crippen molar-refractivity contribution in [2.24, 2.45) is 0 Å². The Morgan fingerprint density at radius 1 is 1.13 bits per heavy atom. The lowest BCUT2D eigenvalue weighted by Crippen LogP contribution is -2.25. The van der Waals surface area contributed by atoms with E-state index in [9.17, 15) is 23.1 Å². The maximum Gasteiger partial charge on any atom is 0.573 e. The van der Waals surface area contributed by atoms with Crippen LogP contribution in [0.5, 0.6) is 11.5 Å². The van der Waals surface area contributed by atoms with Gasteiger partial charge in [-0.25, -0.2) is 4.79 Å². The molecule has 5 rings (SSSR count). The molecular formula is C27H20ClF3N2O5S. The van der Waals surface area contributed by atoms with Gasteiger partial charge in [0.1, 0.15) is 11.5 Å². The minimum atomic E-state index is -4.86. The highest BCUT2D eigenvalue weighted by Crippen LogP contribution is 2.43. The van der Waals surface area contributed by atoms with Crippen molar-refractivity contribution < 1.29 is 37.1 Å². The summed E-state index contributed by atoms with van der Waals surface area (Å²) in [5.74, 6) is -0.635. The van der Waals surface area contributed by atoms with E-state index < -0.39 is 18.4 Å². The fourth-order valence-corrected chi connectivity index (χ4v) is 5.46. The third-order valence-electron chi connectivity index (χ3n) is 5.93. The second kappa shape index (κ2) is 10.4. The van der Waals surface area contributed by atoms with Gasteiger partial charge in [-0.2, -0.15) is 0 Å². The number of aliphatic carboxylic acids is 1. The van der Waals surface area contributed by atoms with Gasteiger partial charge in [0.2, 0.25) is 0 Å². The summed E-state index contributed by atoms with van der Waals surface area (Å²) in [7, 11) is 0. The lowest BCUT2D eigenvalue weighted by atomic mass is 10.2. The molecule has 202 valence electrons. The fourth-order valence-electron chi connectivity index (χ4n) is 4.23. The van der Waals surface area contributed by atoms with Gasteiger partial charge in [0.15, 0.2) is 17.5 Å². The highest BCUT2D eigenvalue weighted by Gasteiger charge is 2.32. The van der Waals surface area contributed by atoms with E-state index >= 15 is 0 Å². The van der Waals surface area contributed by atoms with Gasteiger partial charge in [-0.05, 0) is 61.9 Å². The van der Waals surface area contributed by atoms with Crippen molar-refractivity contribution in [1.82, 2.24) is 9.72 Å². The van der Waals surface area contributed by atoms with Crippen LogP contribution in [-0.2, 0) is 4.79 Å². The molecule has 0 aliphatic rings. The fraction of sp³-hybridized carbons (Fsp3) is 0.185. The first-order chi connectivity index (χ1) is 18.5. The van der Waals surface area contributed by atoms with Crippen LogP contribution in [0.3, 0.4) is 0 Å². The summed E-state index contributed by atoms with van der Waals surface area (Å²) in [6.07, 6.45) is -5.59. The average molecular weight is 577 g/mol. The number of aromatic nitrogens is 2. The number of halogens is 4. The SMILES string of the molecule is CC[C@H](Oc1cccc(Sc2c(C)n(-c3noc4cc(Cl)ccc34)c3ccc(OC(F)(F)F)cc23)c1)C(=O)O. The molecule has 0 aliphatic heterocycles. The van der Waals surface area contributed by atoms with Crippen molar-refractivity contribution in [3.63, 3.8) is 0 Å². The molecule has 12 heteroatoms. The number of carbonyl (C=O) groups is 1. The Labute approximate surface area is 229 Å². The number of alkyl halides is 3. The topological polar surface area (TPSA) is 86.7 Å². The molecule has 2 aromatic heterocycles. The second-order valence-electron chi connectivity index (χ2n) is 8.55. The molecule has 1 N–H and O–H groups in total. The zero-order valence-electron chi connectivity index (χ0n) is 20.5. The van der Waals surface area contributed by atoms with Crippen LogP contribution in [0.1, 0.15) is 19.0 Å². The molecule has 0 spiro atoms. The minimum absolute atomic E-state index is 0.276. The zero-order valence-corrected chi connectivity index (χ0v) is 22.0. The Bertz CT molecular complexity index is 1700. The van der Waals surface area contributed by atoms with Crippen molar-refractivity contribution in [3.8, 4) is 17.3 Å². The molecule has 0 amide bonds. The van der Waals surface area contributed by atoms with Crippen LogP contribution in [0.25, 0.3) is 27.7 Å². The third kappa shape index (κ3) is 5.50. The van der Waals surface area contributed by atoms with Gasteiger partial charge in [-0.3, -0.25) is 4.57 Å². The van der Waals surface area contributed by atoms with Gasteiger partial charge in [0, 0.05) is 32.0 Å². The summed E-state index contributed by atoms with van der Waals surface area (Å²) in [6.45, 7) is 3.53. The van der Waals surface area contributed by atoms with Crippen LogP contribution in [0.2, 0.25) is 5.02 Å². The first-order valence-corrected chi connectivity index (χ1v) is 12.9. The Kier molecular flexibility index (Phi) is 7.13. The summed E-state index contributed by atoms with van der Waals surface area (Å²) in [5.41, 5.74) is 1.73. The molecule has 0 saturated carbocycles. The number of hydrogen-bond acceptors (Lipinski definition) is 6. The van der Waals surface area contributed by atoms with Gasteiger partial charge in [0.05, 0.1) is 10.9 Å². The predicted octanol–water partition coefficient (Wildman–Crippen LogP) is 8.03. The first kappa shape index (κ1) is 26.8. The summed E-state index contributed by atoms with van der Waals surface area (Å²) >= 11 is 7.38. The highest BCUT2D eigenvalue weighted by molar-refractivity contribution is 7.99. The van der Waals surface area contributed by atoms with Crippen LogP contribution in [-0.4, -0.2) is 33.3 Å². The minimum Gasteiger partial charge on any atom is -0.479 e. The summed E-state index contributed by atoms with van der Waals surface area (Å²) in [4.78, 5) is 12.7. The van der Waals surface area contributed by atoms with Crippen molar-refractivity contribution in [3.05, 3.63) is 71.4 Å². The molecule has 0 aliphatic carbocycles. The number of fused-ring (bicyclic) bond motifs is 2. The Morgan fingerprint density at radius 2 is 1.92 bits per heavy atom. The second-order valence-corrected chi connectivity index (χ2v) is 10.1. The van der Waals surface area contributed by atoms with E-state index in [1.807, 2.05) is 6.92 Å². The zero-order chi connectivity index (χ0) is 27.9. The van der Waals surface area contributed by atoms with Crippen molar-refractivity contribution >= 4 is 51.2 Å². The molecule has 1 atom stereocenters. The summed E-state index contributed by atoms with van der Waals surface area (Å²) < 4.78 is 56.2. The number of ether oxygens (including phenoxy) is 2. The number of nitrogens with zero attached hydrogens (tertiary/aromatic N) is 2. The molecule has 7 nitrogen and oxygen atoms in total. The average Bonchev–Trinajstić information content (AvgIpc) is 3.39. The Morgan fingerprint density at radius 3 is 2.64 bits per heavy atom. The number of rotatable bonds is 8. The largest absolute Gasteiger partial charge is 0.573 e. The van der Waals surface area contributed by atoms with Crippen LogP contribution >= 0.6 is 23.4 Å². The maximum atomic E-state index is 13.0. The molecular weight excluding hydrogens is 557 g/mol. The van der Waals surface area contributed by atoms with E-state index in [1.165, 1.54) is 30.0 Å². The van der Waals surface area contributed by atoms with Gasteiger partial charge in [-0.1, -0.05) is 41.5 Å². The number of carboxylic acid groups (broad SMARTS) is 1. The van der Waals surface area contributed by atoms with Crippen LogP contribution < -0.4 is 9.47 Å². The third-order valence-corrected chi connectivity index (χ3v) is 7.37. The smallest absolute Gasteiger partial charge is 0.479 e. The van der Waals surface area contributed by atoms with Crippen LogP contribution in [0.4, 0.5) is 13.2 Å². The van der Waals surface area contributed by atoms with Crippen LogP contribution in [0, 0.1) is 6.92 Å². The molecule has 0 radical (unpaired) electrons. The molecule has 0 bridgehead atoms. The Balaban J connectivity index is 1.64. The maximum absolute atomic E-state index is 13.0. The molecule has 3 aromatic carbocycles. The molecule has 2 heterocycles. The van der Waals surface area contributed by atoms with E-state index in [-0.39, 0.29) is 12.2 Å². The lowest BCUT2D eigenvalue weighted by Gasteiger charge is -2.14. The molecule has 39 heavy (non-hydrogen) atoms. The van der Waals surface area contributed by atoms with Crippen molar-refractivity contribution in [2.75, 3.05) is 0 Å². The van der Waals surface area contributed by atoms with E-state index in [1.54, 1.807) is 54.0 Å². The highest BCUT2D eigenvalue weighted by atomic mass is 35.5. The van der Waals surface area contributed by atoms with Gasteiger partial charge < -0.3 is 19.1 Å². The number of carboxylic acids is 1. The number of benzene rings is 3. The monoisotopic (exact) mass is 576 g/mol. The molecule has 5 aromatic rings. The standard InChI is InChI=1S/C27H20ClF3N2O5S/c1-3-22(26(34)35)36-16-5-4-6-18(12-16)39-24-14(2)33(25-19-9-7-15(28)11-23(19)38-32-25)21-10-8-17(13-20(21)24)37-27(29,30)31/h4-13,22H,3H2,1-2H3,(H,34,35)/t22-/m0/s1. The van der Waals surface area contributed by atoms with Crippen molar-refractivity contribution in [1.29, 1.82) is 0 Å². The molecule has 0 unspecified atom stereocenters. The first-order valence-electron chi connectivity index (χ1n) is 11.7. The van der Waals surface area contributed by atoms with E-state index in [2.05, 4.69) is 9.89 Å². The normalized spacial score (nSPS) is 12.7. The van der Waals surface area contributed by atoms with Gasteiger partial charge in [0.25, 0.3) is 0 Å². The van der Waals surface area contributed by atoms with Gasteiger partial charge in [-0.15, -0.1) is 13.2 Å². The van der Waals surface area contributed by atoms with E-state index in [4.69, 9.17) is 20.9 Å². The predicted molar refractivity (Wildman–Crippen MR) is 140 cm³/mol. The number of hydrogen-bond donors (Lipinski definition) is 1. The summed E-state index contributed by atoms with van der Waals surface area (Å²) in [5, 5.41) is 15.2. The molecule has 0 fully saturated rings. The lowest BCUT2D eigenvalue weighted by molar-refractivity contribution is -0.274. The van der Waals surface area contributed by atoms with Gasteiger partial charge >= 0.3 is 12.3 Å². The van der Waals surface area contributed by atoms with E-state index in [0.717, 1.165) is 0 Å². The van der Waals surface area contributed by atoms with Crippen molar-refractivity contribution in [2.45, 2.75) is 42.5 Å². The van der Waals surface area contributed by atoms with Crippen LogP contribution in [0.15, 0.2) is 75.0 Å². The van der Waals surface area contributed by atoms with E-state index in [0.29, 0.717) is 53.9 Å².